The fourth-order valence-electron chi connectivity index (χ4n) is 1.87. The summed E-state index contributed by atoms with van der Waals surface area (Å²) in [6.45, 7) is 5.14. The van der Waals surface area contributed by atoms with E-state index in [2.05, 4.69) is 46.0 Å². The van der Waals surface area contributed by atoms with Crippen molar-refractivity contribution in [2.45, 2.75) is 26.4 Å². The van der Waals surface area contributed by atoms with Gasteiger partial charge >= 0.3 is 0 Å². The molecule has 0 spiro atoms. The molecule has 0 saturated heterocycles. The van der Waals surface area contributed by atoms with E-state index in [0.717, 1.165) is 20.8 Å². The van der Waals surface area contributed by atoms with Crippen molar-refractivity contribution < 1.29 is 4.74 Å². The Balaban J connectivity index is 2.04. The van der Waals surface area contributed by atoms with Gasteiger partial charge in [0.25, 0.3) is 0 Å². The highest BCUT2D eigenvalue weighted by atomic mass is 79.9. The first-order valence-electron chi connectivity index (χ1n) is 6.60. The van der Waals surface area contributed by atoms with E-state index in [4.69, 9.17) is 11.2 Å². The second-order valence-corrected chi connectivity index (χ2v) is 6.84. The van der Waals surface area contributed by atoms with E-state index in [1.807, 2.05) is 24.4 Å². The number of thiazole rings is 1. The number of rotatable bonds is 6. The summed E-state index contributed by atoms with van der Waals surface area (Å²) in [5.74, 6) is 3.30. The number of nitrogens with one attached hydrogen (secondary N) is 1. The van der Waals surface area contributed by atoms with E-state index in [0.29, 0.717) is 6.54 Å². The molecule has 2 aromatic rings. The van der Waals surface area contributed by atoms with Gasteiger partial charge in [0.05, 0.1) is 6.04 Å². The zero-order valence-corrected chi connectivity index (χ0v) is 14.4. The van der Waals surface area contributed by atoms with Crippen molar-refractivity contribution in [3.63, 3.8) is 0 Å². The van der Waals surface area contributed by atoms with Crippen LogP contribution < -0.4 is 10.1 Å². The molecule has 0 aliphatic carbocycles. The van der Waals surface area contributed by atoms with Crippen molar-refractivity contribution in [2.24, 2.45) is 0 Å². The second-order valence-electron chi connectivity index (χ2n) is 4.66. The van der Waals surface area contributed by atoms with Gasteiger partial charge in [-0.25, -0.2) is 4.98 Å². The Labute approximate surface area is 137 Å². The number of hydrogen-bond donors (Lipinski definition) is 1. The molecular weight excluding hydrogens is 348 g/mol. The fourth-order valence-corrected chi connectivity index (χ4v) is 3.08. The molecule has 21 heavy (non-hydrogen) atoms. The summed E-state index contributed by atoms with van der Waals surface area (Å²) in [4.78, 5) is 5.63. The Bertz CT molecular complexity index is 648. The molecule has 0 bridgehead atoms. The fraction of sp³-hybridized carbons (Fsp3) is 0.312. The summed E-state index contributed by atoms with van der Waals surface area (Å²) in [6.07, 6.45) is 7.15. The average molecular weight is 365 g/mol. The highest BCUT2D eigenvalue weighted by Crippen LogP contribution is 2.25. The third-order valence-electron chi connectivity index (χ3n) is 2.94. The molecule has 1 atom stereocenters. The van der Waals surface area contributed by atoms with Crippen molar-refractivity contribution in [3.8, 4) is 18.1 Å². The van der Waals surface area contributed by atoms with Crippen LogP contribution in [0, 0.1) is 19.3 Å². The molecule has 0 saturated carbocycles. The lowest BCUT2D eigenvalue weighted by molar-refractivity contribution is 0.363. The number of hydrogen-bond acceptors (Lipinski definition) is 4. The first kappa shape index (κ1) is 16.0. The molecule has 1 aromatic carbocycles. The van der Waals surface area contributed by atoms with Crippen LogP contribution in [-0.4, -0.2) is 11.6 Å². The lowest BCUT2D eigenvalue weighted by Gasteiger charge is -2.14. The first-order chi connectivity index (χ1) is 10.1. The van der Waals surface area contributed by atoms with Crippen LogP contribution in [0.15, 0.2) is 28.9 Å². The van der Waals surface area contributed by atoms with Gasteiger partial charge in [-0.3, -0.25) is 0 Å². The lowest BCUT2D eigenvalue weighted by Crippen LogP contribution is -2.18. The molecule has 0 aliphatic rings. The standard InChI is InChI=1S/C16H17BrN2OS/c1-4-7-20-15-6-5-14(17)8-13(15)10-18-12(3)16-19-9-11(2)21-16/h1,5-6,8-9,12,18H,7,10H2,2-3H3. The minimum absolute atomic E-state index is 0.197. The Morgan fingerprint density at radius 2 is 2.33 bits per heavy atom. The number of halogens is 1. The SMILES string of the molecule is C#CCOc1ccc(Br)cc1CNC(C)c1ncc(C)s1. The monoisotopic (exact) mass is 364 g/mol. The maximum atomic E-state index is 5.57. The lowest BCUT2D eigenvalue weighted by atomic mass is 10.2. The third-order valence-corrected chi connectivity index (χ3v) is 4.53. The van der Waals surface area contributed by atoms with E-state index in [1.54, 1.807) is 11.3 Å². The smallest absolute Gasteiger partial charge is 0.148 e. The van der Waals surface area contributed by atoms with Crippen molar-refractivity contribution in [1.29, 1.82) is 0 Å². The van der Waals surface area contributed by atoms with Gasteiger partial charge in [-0.05, 0) is 32.0 Å². The van der Waals surface area contributed by atoms with E-state index < -0.39 is 0 Å². The van der Waals surface area contributed by atoms with Crippen LogP contribution in [0.4, 0.5) is 0 Å². The predicted molar refractivity (Wildman–Crippen MR) is 90.6 cm³/mol. The topological polar surface area (TPSA) is 34.1 Å². The Kier molecular flexibility index (Phi) is 5.80. The van der Waals surface area contributed by atoms with Crippen LogP contribution in [0.3, 0.4) is 0 Å². The van der Waals surface area contributed by atoms with Crippen LogP contribution in [-0.2, 0) is 6.54 Å². The van der Waals surface area contributed by atoms with Gasteiger partial charge in [0, 0.05) is 27.7 Å². The highest BCUT2D eigenvalue weighted by Gasteiger charge is 2.11. The Morgan fingerprint density at radius 3 is 3.00 bits per heavy atom. The molecule has 0 fully saturated rings. The summed E-state index contributed by atoms with van der Waals surface area (Å²) >= 11 is 5.20. The largest absolute Gasteiger partial charge is 0.481 e. The maximum Gasteiger partial charge on any atom is 0.148 e. The molecular formula is C16H17BrN2OS. The molecule has 2 rings (SSSR count). The van der Waals surface area contributed by atoms with Gasteiger partial charge in [0.1, 0.15) is 17.4 Å². The first-order valence-corrected chi connectivity index (χ1v) is 8.21. The van der Waals surface area contributed by atoms with E-state index in [9.17, 15) is 0 Å². The number of benzene rings is 1. The van der Waals surface area contributed by atoms with Gasteiger partial charge in [-0.15, -0.1) is 17.8 Å². The van der Waals surface area contributed by atoms with Gasteiger partial charge < -0.3 is 10.1 Å². The van der Waals surface area contributed by atoms with Crippen molar-refractivity contribution in [3.05, 3.63) is 44.3 Å². The molecule has 0 amide bonds. The maximum absolute atomic E-state index is 5.57. The van der Waals surface area contributed by atoms with Crippen LogP contribution in [0.2, 0.25) is 0 Å². The molecule has 5 heteroatoms. The van der Waals surface area contributed by atoms with Gasteiger partial charge in [-0.1, -0.05) is 21.9 Å². The molecule has 1 aromatic heterocycles. The van der Waals surface area contributed by atoms with Gasteiger partial charge in [0.15, 0.2) is 0 Å². The predicted octanol–water partition coefficient (Wildman–Crippen LogP) is 4.08. The third kappa shape index (κ3) is 4.57. The number of terminal acetylenes is 1. The van der Waals surface area contributed by atoms with E-state index in [-0.39, 0.29) is 12.6 Å². The summed E-state index contributed by atoms with van der Waals surface area (Å²) in [5.41, 5.74) is 1.07. The Morgan fingerprint density at radius 1 is 1.52 bits per heavy atom. The molecule has 0 radical (unpaired) electrons. The van der Waals surface area contributed by atoms with Crippen LogP contribution in [0.1, 0.15) is 28.4 Å². The highest BCUT2D eigenvalue weighted by molar-refractivity contribution is 9.10. The molecule has 1 N–H and O–H groups in total. The summed E-state index contributed by atoms with van der Waals surface area (Å²) in [5, 5.41) is 4.56. The number of nitrogens with zero attached hydrogens (tertiary/aromatic N) is 1. The molecule has 110 valence electrons. The van der Waals surface area contributed by atoms with E-state index >= 15 is 0 Å². The zero-order valence-electron chi connectivity index (χ0n) is 12.0. The number of aromatic nitrogens is 1. The number of aryl methyl sites for hydroxylation is 1. The minimum atomic E-state index is 0.197. The van der Waals surface area contributed by atoms with Crippen LogP contribution in [0.5, 0.6) is 5.75 Å². The molecule has 0 aliphatic heterocycles. The van der Waals surface area contributed by atoms with Gasteiger partial charge in [0.2, 0.25) is 0 Å². The van der Waals surface area contributed by atoms with Crippen LogP contribution in [0.25, 0.3) is 0 Å². The summed E-state index contributed by atoms with van der Waals surface area (Å²) < 4.78 is 6.59. The Hall–Kier alpha value is -1.35. The average Bonchev–Trinajstić information content (AvgIpc) is 2.90. The molecule has 3 nitrogen and oxygen atoms in total. The van der Waals surface area contributed by atoms with Crippen molar-refractivity contribution in [2.75, 3.05) is 6.61 Å². The van der Waals surface area contributed by atoms with E-state index in [1.165, 1.54) is 4.88 Å². The van der Waals surface area contributed by atoms with Crippen molar-refractivity contribution in [1.82, 2.24) is 10.3 Å². The summed E-state index contributed by atoms with van der Waals surface area (Å²) in [7, 11) is 0. The van der Waals surface area contributed by atoms with Crippen LogP contribution >= 0.6 is 27.3 Å². The number of ether oxygens (including phenoxy) is 1. The normalized spacial score (nSPS) is 11.9. The minimum Gasteiger partial charge on any atom is -0.481 e. The zero-order chi connectivity index (χ0) is 15.2. The van der Waals surface area contributed by atoms with Crippen molar-refractivity contribution >= 4 is 27.3 Å². The second kappa shape index (κ2) is 7.60. The molecule has 1 unspecified atom stereocenters. The van der Waals surface area contributed by atoms with Gasteiger partial charge in [-0.2, -0.15) is 0 Å². The quantitative estimate of drug-likeness (QED) is 0.784. The summed E-state index contributed by atoms with van der Waals surface area (Å²) in [6, 6.07) is 6.11. The molecule has 1 heterocycles.